The number of carboxylic acids is 1. The maximum Gasteiger partial charge on any atom is 1.00 e. The number of hydrogen-bond acceptors (Lipinski definition) is 1. The molecule has 0 amide bonds. The molecule has 1 aromatic rings. The van der Waals surface area contributed by atoms with Crippen molar-refractivity contribution in [2.45, 2.75) is 0 Å². The minimum Gasteiger partial charge on any atom is -0.478 e. The minimum absolute atomic E-state index is 0. The van der Waals surface area contributed by atoms with Crippen LogP contribution in [0.4, 0.5) is 0 Å². The second kappa shape index (κ2) is 9.09. The van der Waals surface area contributed by atoms with Crippen LogP contribution < -0.4 is 29.6 Å². The van der Waals surface area contributed by atoms with E-state index >= 15 is 0 Å². The molecule has 0 fully saturated rings. The van der Waals surface area contributed by atoms with E-state index in [1.54, 1.807) is 30.3 Å². The largest absolute Gasteiger partial charge is 1.00 e. The van der Waals surface area contributed by atoms with E-state index in [0.717, 1.165) is 0 Å². The Balaban J connectivity index is 0. The monoisotopic (exact) mass is 187 g/mol. The van der Waals surface area contributed by atoms with E-state index in [-0.39, 0.29) is 29.6 Å². The number of carboxylic acid groups (broad SMARTS) is 1. The fourth-order valence-corrected chi connectivity index (χ4v) is 0.581. The molecular formula is C7H6N3NaO2. The van der Waals surface area contributed by atoms with Crippen molar-refractivity contribution >= 4 is 5.97 Å². The predicted octanol–water partition coefficient (Wildman–Crippen LogP) is -0.745. The van der Waals surface area contributed by atoms with Crippen LogP contribution in [0.5, 0.6) is 0 Å². The van der Waals surface area contributed by atoms with E-state index in [1.165, 1.54) is 4.91 Å². The molecule has 0 spiro atoms. The molecule has 13 heavy (non-hydrogen) atoms. The van der Waals surface area contributed by atoms with Gasteiger partial charge in [0.2, 0.25) is 0 Å². The molecule has 0 heterocycles. The normalized spacial score (nSPS) is 6.77. The van der Waals surface area contributed by atoms with E-state index in [1.807, 2.05) is 0 Å². The topological polar surface area (TPSA) is 96.0 Å². The molecule has 0 radical (unpaired) electrons. The molecule has 0 aromatic heterocycles. The van der Waals surface area contributed by atoms with Crippen LogP contribution in [0.3, 0.4) is 0 Å². The van der Waals surface area contributed by atoms with Gasteiger partial charge in [-0.3, -0.25) is 4.91 Å². The summed E-state index contributed by atoms with van der Waals surface area (Å²) in [5, 5.41) is 8.38. The summed E-state index contributed by atoms with van der Waals surface area (Å²) in [7, 11) is 0. The second-order valence-corrected chi connectivity index (χ2v) is 1.76. The van der Waals surface area contributed by atoms with Gasteiger partial charge < -0.3 is 16.2 Å². The molecule has 1 rings (SSSR count). The standard InChI is InChI=1S/C7H6O2.N3.Na/c8-7(9)6-4-2-1-3-5-6;1-3-2;/h1-5H,(H,8,9);;/q;-1;+1. The van der Waals surface area contributed by atoms with E-state index < -0.39 is 5.97 Å². The third-order valence-corrected chi connectivity index (χ3v) is 1.02. The maximum absolute atomic E-state index is 10.2. The molecular weight excluding hydrogens is 181 g/mol. The van der Waals surface area contributed by atoms with Gasteiger partial charge in [0, 0.05) is 0 Å². The van der Waals surface area contributed by atoms with Crippen LogP contribution in [0.1, 0.15) is 10.4 Å². The second-order valence-electron chi connectivity index (χ2n) is 1.76. The van der Waals surface area contributed by atoms with Crippen molar-refractivity contribution in [3.05, 3.63) is 51.9 Å². The van der Waals surface area contributed by atoms with E-state index in [2.05, 4.69) is 0 Å². The summed E-state index contributed by atoms with van der Waals surface area (Å²) in [6.07, 6.45) is 0. The SMILES string of the molecule is O=C(O)c1ccccc1.[N-]=[N+]=[N-].[Na+]. The molecule has 0 aliphatic carbocycles. The van der Waals surface area contributed by atoms with Crippen LogP contribution in [0, 0.1) is 0 Å². The van der Waals surface area contributed by atoms with Gasteiger partial charge in [-0.1, -0.05) is 18.2 Å². The Hall–Kier alpha value is -1.00. The fourth-order valence-electron chi connectivity index (χ4n) is 0.581. The number of benzene rings is 1. The summed E-state index contributed by atoms with van der Waals surface area (Å²) >= 11 is 0. The Morgan fingerprint density at radius 2 is 1.62 bits per heavy atom. The van der Waals surface area contributed by atoms with Gasteiger partial charge in [-0.25, -0.2) is 4.79 Å². The van der Waals surface area contributed by atoms with E-state index in [4.69, 9.17) is 16.2 Å². The van der Waals surface area contributed by atoms with Crippen LogP contribution in [0.2, 0.25) is 0 Å². The molecule has 1 N–H and O–H groups in total. The molecule has 0 aliphatic rings. The number of nitrogens with zero attached hydrogens (tertiary/aromatic N) is 3. The minimum atomic E-state index is -0.879. The predicted molar refractivity (Wildman–Crippen MR) is 43.5 cm³/mol. The zero-order chi connectivity index (χ0) is 9.40. The van der Waals surface area contributed by atoms with E-state index in [0.29, 0.717) is 5.56 Å². The Bertz CT molecular complexity index is 283. The van der Waals surface area contributed by atoms with Crippen LogP contribution in [0.15, 0.2) is 30.3 Å². The quantitative estimate of drug-likeness (QED) is 0.271. The number of rotatable bonds is 1. The van der Waals surface area contributed by atoms with Gasteiger partial charge in [0.25, 0.3) is 0 Å². The summed E-state index contributed by atoms with van der Waals surface area (Å²) in [4.78, 5) is 11.7. The maximum atomic E-state index is 10.2. The zero-order valence-corrected chi connectivity index (χ0v) is 9.08. The average molecular weight is 187 g/mol. The fraction of sp³-hybridized carbons (Fsp3) is 0. The molecule has 0 unspecified atom stereocenters. The molecule has 0 saturated carbocycles. The van der Waals surface area contributed by atoms with Gasteiger partial charge in [0.05, 0.1) is 5.56 Å². The molecule has 0 saturated heterocycles. The van der Waals surface area contributed by atoms with Gasteiger partial charge in [-0.05, 0) is 12.1 Å². The first-order valence-electron chi connectivity index (χ1n) is 2.99. The number of carbonyl (C=O) groups is 1. The van der Waals surface area contributed by atoms with Gasteiger partial charge in [-0.2, -0.15) is 0 Å². The average Bonchev–Trinajstić information content (AvgIpc) is 2.07. The summed E-state index contributed by atoms with van der Waals surface area (Å²) in [5.41, 5.74) is 13.8. The van der Waals surface area contributed by atoms with Gasteiger partial charge in [-0.15, -0.1) is 0 Å². The van der Waals surface area contributed by atoms with Crippen LogP contribution in [0.25, 0.3) is 16.0 Å². The van der Waals surface area contributed by atoms with Gasteiger partial charge in [0.1, 0.15) is 0 Å². The third kappa shape index (κ3) is 7.36. The summed E-state index contributed by atoms with van der Waals surface area (Å²) in [6.45, 7) is 0. The summed E-state index contributed by atoms with van der Waals surface area (Å²) in [6, 6.07) is 8.30. The molecule has 0 bridgehead atoms. The Morgan fingerprint density at radius 3 is 1.85 bits per heavy atom. The van der Waals surface area contributed by atoms with Gasteiger partial charge >= 0.3 is 35.5 Å². The zero-order valence-electron chi connectivity index (χ0n) is 7.08. The molecule has 0 aliphatic heterocycles. The Labute approximate surface area is 97.1 Å². The first-order chi connectivity index (χ1) is 5.72. The van der Waals surface area contributed by atoms with Crippen molar-refractivity contribution in [1.82, 2.24) is 0 Å². The molecule has 5 nitrogen and oxygen atoms in total. The first-order valence-corrected chi connectivity index (χ1v) is 2.99. The van der Waals surface area contributed by atoms with Crippen LogP contribution in [-0.4, -0.2) is 11.1 Å². The first kappa shape index (κ1) is 14.5. The summed E-state index contributed by atoms with van der Waals surface area (Å²) < 4.78 is 0. The molecule has 1 aromatic carbocycles. The Kier molecular flexibility index (Phi) is 10.2. The van der Waals surface area contributed by atoms with Crippen LogP contribution >= 0.6 is 0 Å². The van der Waals surface area contributed by atoms with Gasteiger partial charge in [0.15, 0.2) is 0 Å². The summed E-state index contributed by atoms with van der Waals surface area (Å²) in [5.74, 6) is -0.879. The number of hydrogen-bond donors (Lipinski definition) is 1. The Morgan fingerprint density at radius 1 is 1.23 bits per heavy atom. The van der Waals surface area contributed by atoms with Crippen molar-refractivity contribution in [3.63, 3.8) is 0 Å². The third-order valence-electron chi connectivity index (χ3n) is 1.02. The number of aromatic carboxylic acids is 1. The van der Waals surface area contributed by atoms with E-state index in [9.17, 15) is 4.79 Å². The van der Waals surface area contributed by atoms with Crippen molar-refractivity contribution in [2.75, 3.05) is 0 Å². The van der Waals surface area contributed by atoms with Crippen molar-refractivity contribution in [3.8, 4) is 0 Å². The molecule has 0 atom stereocenters. The van der Waals surface area contributed by atoms with Crippen molar-refractivity contribution in [2.24, 2.45) is 0 Å². The van der Waals surface area contributed by atoms with Crippen molar-refractivity contribution in [1.29, 1.82) is 0 Å². The smallest absolute Gasteiger partial charge is 0.478 e. The molecule has 62 valence electrons. The molecule has 6 heteroatoms. The van der Waals surface area contributed by atoms with Crippen molar-refractivity contribution < 1.29 is 39.5 Å². The van der Waals surface area contributed by atoms with Crippen LogP contribution in [-0.2, 0) is 0 Å².